The van der Waals surface area contributed by atoms with E-state index < -0.39 is 46.5 Å². The molecule has 1 aliphatic rings. The zero-order valence-corrected chi connectivity index (χ0v) is 16.3. The fourth-order valence-electron chi connectivity index (χ4n) is 2.13. The largest absolute Gasteiger partial charge is 0.444 e. The lowest BCUT2D eigenvalue weighted by Gasteiger charge is -2.23. The van der Waals surface area contributed by atoms with Crippen molar-refractivity contribution in [1.82, 2.24) is 15.8 Å². The Labute approximate surface area is 165 Å². The van der Waals surface area contributed by atoms with E-state index in [4.69, 9.17) is 15.3 Å². The normalized spacial score (nSPS) is 15.7. The van der Waals surface area contributed by atoms with Crippen molar-refractivity contribution in [2.75, 3.05) is 6.54 Å². The number of nitrogens with two attached hydrogens (primary N) is 1. The summed E-state index contributed by atoms with van der Waals surface area (Å²) in [6, 6.07) is -1.26. The minimum absolute atomic E-state index is 0.00593. The molecule has 1 fully saturated rings. The number of hydrogen-bond acceptors (Lipinski definition) is 9. The predicted octanol–water partition coefficient (Wildman–Crippen LogP) is -0.637. The Bertz CT molecular complexity index is 685. The number of hydroxylamine groups is 2. The predicted molar refractivity (Wildman–Crippen MR) is 96.2 cm³/mol. The van der Waals surface area contributed by atoms with Gasteiger partial charge in [-0.05, 0) is 33.6 Å². The molecule has 14 nitrogen and oxygen atoms in total. The van der Waals surface area contributed by atoms with E-state index in [-0.39, 0.29) is 32.2 Å². The maximum absolute atomic E-state index is 12.4. The van der Waals surface area contributed by atoms with Gasteiger partial charge in [-0.1, -0.05) is 5.43 Å². The number of alkyl carbamates (subject to hydrolysis) is 1. The molecule has 0 aliphatic carbocycles. The van der Waals surface area contributed by atoms with E-state index in [1.165, 1.54) is 0 Å². The number of nitrogens with one attached hydrogen (secondary N) is 2. The monoisotopic (exact) mass is 416 g/mol. The smallest absolute Gasteiger partial charge is 0.408 e. The van der Waals surface area contributed by atoms with Crippen molar-refractivity contribution in [3.63, 3.8) is 0 Å². The van der Waals surface area contributed by atoms with Crippen LogP contribution >= 0.6 is 0 Å². The highest BCUT2D eigenvalue weighted by atomic mass is 16.7. The Hall–Kier alpha value is -3.45. The fourth-order valence-corrected chi connectivity index (χ4v) is 2.13. The summed E-state index contributed by atoms with van der Waals surface area (Å²) in [5.41, 5.74) is 6.10. The van der Waals surface area contributed by atoms with Gasteiger partial charge in [-0.3, -0.25) is 9.59 Å². The van der Waals surface area contributed by atoms with Crippen LogP contribution in [0, 0.1) is 10.1 Å². The molecule has 0 radical (unpaired) electrons. The highest BCUT2D eigenvalue weighted by Crippen LogP contribution is 2.14. The summed E-state index contributed by atoms with van der Waals surface area (Å²) in [6.45, 7) is 4.87. The van der Waals surface area contributed by atoms with E-state index in [9.17, 15) is 29.3 Å². The molecule has 4 N–H and O–H groups in total. The van der Waals surface area contributed by atoms with Crippen LogP contribution in [0.25, 0.3) is 0 Å². The first-order valence-electron chi connectivity index (χ1n) is 8.67. The Morgan fingerprint density at radius 3 is 2.41 bits per heavy atom. The van der Waals surface area contributed by atoms with Gasteiger partial charge in [0.25, 0.3) is 17.8 Å². The Balaban J connectivity index is 2.73. The first-order chi connectivity index (χ1) is 13.4. The number of ether oxygens (including phenoxy) is 1. The molecule has 0 unspecified atom stereocenters. The van der Waals surface area contributed by atoms with Gasteiger partial charge in [-0.15, -0.1) is 5.06 Å². The molecule has 1 rings (SSSR count). The van der Waals surface area contributed by atoms with Gasteiger partial charge >= 0.3 is 12.1 Å². The number of hydrazine groups is 1. The van der Waals surface area contributed by atoms with Crippen LogP contribution in [0.2, 0.25) is 0 Å². The number of carbonyl (C=O) groups excluding carboxylic acids is 4. The zero-order chi connectivity index (χ0) is 22.2. The quantitative estimate of drug-likeness (QED) is 0.114. The Kier molecular flexibility index (Phi) is 8.29. The summed E-state index contributed by atoms with van der Waals surface area (Å²) >= 11 is 0. The number of hydrogen-bond donors (Lipinski definition) is 3. The van der Waals surface area contributed by atoms with Crippen molar-refractivity contribution in [2.45, 2.75) is 58.1 Å². The molecule has 1 atom stereocenters. The van der Waals surface area contributed by atoms with Crippen LogP contribution in [0.5, 0.6) is 0 Å². The second kappa shape index (κ2) is 10.2. The molecule has 0 spiro atoms. The number of nitrogens with zero attached hydrogens (tertiary/aromatic N) is 3. The van der Waals surface area contributed by atoms with Crippen molar-refractivity contribution in [3.8, 4) is 0 Å². The standard InChI is InChI=1S/C15H24N6O8/c1-15(2,3)28-14(25)18-9(5-4-8-17-13(16)19-21(26)27)12(24)29-20-10(22)6-7-11(20)23/h9H,4-8H2,1-3H3,(H,18,25)(H3,16,17,19)/t9-/m0/s1. The average Bonchev–Trinajstić information content (AvgIpc) is 2.87. The summed E-state index contributed by atoms with van der Waals surface area (Å²) in [5.74, 6) is -2.80. The van der Waals surface area contributed by atoms with Crippen molar-refractivity contribution < 1.29 is 33.8 Å². The minimum Gasteiger partial charge on any atom is -0.444 e. The maximum Gasteiger partial charge on any atom is 0.408 e. The van der Waals surface area contributed by atoms with Gasteiger partial charge in [-0.25, -0.2) is 24.7 Å². The first-order valence-corrected chi connectivity index (χ1v) is 8.67. The molecule has 162 valence electrons. The molecule has 1 aliphatic heterocycles. The molecule has 0 aromatic carbocycles. The van der Waals surface area contributed by atoms with Crippen LogP contribution in [-0.4, -0.2) is 58.1 Å². The van der Waals surface area contributed by atoms with Crippen LogP contribution in [-0.2, 0) is 24.0 Å². The van der Waals surface area contributed by atoms with Crippen LogP contribution in [0.15, 0.2) is 4.99 Å². The SMILES string of the molecule is CC(C)(C)OC(=O)N[C@@H](CCCN=C(N)N[N+](=O)[O-])C(=O)ON1C(=O)CCC1=O. The highest BCUT2D eigenvalue weighted by Gasteiger charge is 2.35. The Morgan fingerprint density at radius 2 is 1.90 bits per heavy atom. The van der Waals surface area contributed by atoms with Crippen molar-refractivity contribution in [2.24, 2.45) is 10.7 Å². The van der Waals surface area contributed by atoms with Gasteiger partial charge in [0.15, 0.2) is 5.03 Å². The van der Waals surface area contributed by atoms with Crippen LogP contribution < -0.4 is 16.5 Å². The van der Waals surface area contributed by atoms with E-state index in [0.29, 0.717) is 5.06 Å². The molecular formula is C15H24N6O8. The van der Waals surface area contributed by atoms with Crippen molar-refractivity contribution in [1.29, 1.82) is 0 Å². The number of rotatable bonds is 8. The molecule has 0 saturated carbocycles. The van der Waals surface area contributed by atoms with Crippen LogP contribution in [0.3, 0.4) is 0 Å². The van der Waals surface area contributed by atoms with Crippen LogP contribution in [0.4, 0.5) is 4.79 Å². The lowest BCUT2D eigenvalue weighted by molar-refractivity contribution is -0.525. The third-order valence-corrected chi connectivity index (χ3v) is 3.30. The molecule has 3 amide bonds. The average molecular weight is 416 g/mol. The van der Waals surface area contributed by atoms with E-state index in [1.807, 2.05) is 0 Å². The number of carbonyl (C=O) groups is 4. The fraction of sp³-hybridized carbons (Fsp3) is 0.667. The minimum atomic E-state index is -1.26. The van der Waals surface area contributed by atoms with E-state index >= 15 is 0 Å². The molecule has 29 heavy (non-hydrogen) atoms. The molecule has 14 heteroatoms. The lowest BCUT2D eigenvalue weighted by Crippen LogP contribution is -2.47. The van der Waals surface area contributed by atoms with Gasteiger partial charge in [0, 0.05) is 19.4 Å². The van der Waals surface area contributed by atoms with Gasteiger partial charge in [-0.2, -0.15) is 0 Å². The maximum atomic E-state index is 12.4. The second-order valence-corrected chi connectivity index (χ2v) is 6.97. The number of amides is 3. The van der Waals surface area contributed by atoms with Crippen molar-refractivity contribution in [3.05, 3.63) is 10.1 Å². The number of nitro groups is 1. The summed E-state index contributed by atoms with van der Waals surface area (Å²) in [7, 11) is 0. The lowest BCUT2D eigenvalue weighted by atomic mass is 10.1. The van der Waals surface area contributed by atoms with E-state index in [1.54, 1.807) is 26.2 Å². The summed E-state index contributed by atoms with van der Waals surface area (Å²) < 4.78 is 5.08. The summed E-state index contributed by atoms with van der Waals surface area (Å²) in [5, 5.41) is 12.0. The zero-order valence-electron chi connectivity index (χ0n) is 16.3. The van der Waals surface area contributed by atoms with Gasteiger partial charge in [0.1, 0.15) is 11.6 Å². The highest BCUT2D eigenvalue weighted by molar-refractivity contribution is 6.01. The molecule has 0 aromatic heterocycles. The van der Waals surface area contributed by atoms with Crippen molar-refractivity contribution >= 4 is 29.8 Å². The molecule has 1 heterocycles. The van der Waals surface area contributed by atoms with Gasteiger partial charge in [0.2, 0.25) is 0 Å². The third-order valence-electron chi connectivity index (χ3n) is 3.30. The van der Waals surface area contributed by atoms with Gasteiger partial charge in [0.05, 0.1) is 0 Å². The molecule has 0 aromatic rings. The third kappa shape index (κ3) is 8.85. The number of imide groups is 1. The topological polar surface area (TPSA) is 196 Å². The van der Waals surface area contributed by atoms with E-state index in [2.05, 4.69) is 10.3 Å². The van der Waals surface area contributed by atoms with Crippen LogP contribution in [0.1, 0.15) is 46.5 Å². The second-order valence-electron chi connectivity index (χ2n) is 6.97. The first kappa shape index (κ1) is 23.6. The summed E-state index contributed by atoms with van der Waals surface area (Å²) in [6.07, 6.45) is -0.917. The van der Waals surface area contributed by atoms with E-state index in [0.717, 1.165) is 0 Å². The molecule has 0 bridgehead atoms. The molecule has 1 saturated heterocycles. The summed E-state index contributed by atoms with van der Waals surface area (Å²) in [4.78, 5) is 66.3. The number of aliphatic imine (C=N–C) groups is 1. The number of guanidine groups is 1. The Morgan fingerprint density at radius 1 is 1.31 bits per heavy atom. The molecular weight excluding hydrogens is 392 g/mol. The van der Waals surface area contributed by atoms with Gasteiger partial charge < -0.3 is 20.6 Å².